The number of benzene rings is 1. The average Bonchev–Trinajstić information content (AvgIpc) is 3.19. The molecule has 1 aromatic carbocycles. The number of aromatic nitrogens is 1. The van der Waals surface area contributed by atoms with Crippen LogP contribution in [0.15, 0.2) is 36.0 Å². The van der Waals surface area contributed by atoms with E-state index >= 15 is 0 Å². The SMILES string of the molecule is Cc1cc(Cl)cc(-c2cncc3sccc23)c1OC1CCNCC1.O=C(O)C(F)(F)F. The number of fused-ring (bicyclic) bond motifs is 1. The van der Waals surface area contributed by atoms with Gasteiger partial charge in [0.15, 0.2) is 0 Å². The molecule has 1 saturated heterocycles. The van der Waals surface area contributed by atoms with Gasteiger partial charge < -0.3 is 15.2 Å². The molecule has 10 heteroatoms. The number of aryl methyl sites for hydroxylation is 1. The Morgan fingerprint density at radius 1 is 1.26 bits per heavy atom. The lowest BCUT2D eigenvalue weighted by molar-refractivity contribution is -0.192. The molecule has 1 fully saturated rings. The van der Waals surface area contributed by atoms with Crippen molar-refractivity contribution in [1.82, 2.24) is 10.3 Å². The fourth-order valence-electron chi connectivity index (χ4n) is 3.27. The van der Waals surface area contributed by atoms with Crippen LogP contribution in [0.25, 0.3) is 21.2 Å². The Morgan fingerprint density at radius 3 is 2.58 bits per heavy atom. The van der Waals surface area contributed by atoms with Crippen molar-refractivity contribution >= 4 is 39.0 Å². The Kier molecular flexibility index (Phi) is 7.40. The maximum Gasteiger partial charge on any atom is 0.490 e. The Balaban J connectivity index is 0.000000339. The van der Waals surface area contributed by atoms with Gasteiger partial charge in [-0.25, -0.2) is 4.79 Å². The summed E-state index contributed by atoms with van der Waals surface area (Å²) in [5.41, 5.74) is 3.20. The highest BCUT2D eigenvalue weighted by Gasteiger charge is 2.38. The zero-order valence-corrected chi connectivity index (χ0v) is 18.1. The molecule has 1 aliphatic rings. The van der Waals surface area contributed by atoms with E-state index in [0.29, 0.717) is 0 Å². The van der Waals surface area contributed by atoms with Crippen LogP contribution in [-0.2, 0) is 4.79 Å². The van der Waals surface area contributed by atoms with Crippen LogP contribution in [0.5, 0.6) is 5.75 Å². The number of nitrogens with zero attached hydrogens (tertiary/aromatic N) is 1. The first-order valence-corrected chi connectivity index (χ1v) is 10.7. The third-order valence-corrected chi connectivity index (χ3v) is 5.79. The van der Waals surface area contributed by atoms with Crippen LogP contribution >= 0.6 is 22.9 Å². The van der Waals surface area contributed by atoms with Gasteiger partial charge in [-0.05, 0) is 62.0 Å². The van der Waals surface area contributed by atoms with E-state index in [2.05, 4.69) is 28.7 Å². The summed E-state index contributed by atoms with van der Waals surface area (Å²) < 4.78 is 39.3. The van der Waals surface area contributed by atoms with Gasteiger partial charge in [-0.1, -0.05) is 11.6 Å². The number of aliphatic carboxylic acids is 1. The van der Waals surface area contributed by atoms with Gasteiger partial charge in [-0.2, -0.15) is 13.2 Å². The minimum absolute atomic E-state index is 0.250. The molecule has 3 aromatic rings. The highest BCUT2D eigenvalue weighted by atomic mass is 35.5. The van der Waals surface area contributed by atoms with Gasteiger partial charge in [0.25, 0.3) is 0 Å². The van der Waals surface area contributed by atoms with Gasteiger partial charge in [0.1, 0.15) is 11.9 Å². The number of halogens is 4. The molecule has 0 unspecified atom stereocenters. The Labute approximate surface area is 185 Å². The molecule has 2 aromatic heterocycles. The van der Waals surface area contributed by atoms with E-state index < -0.39 is 12.1 Å². The molecule has 3 heterocycles. The number of carboxylic acid groups (broad SMARTS) is 1. The second kappa shape index (κ2) is 9.84. The topological polar surface area (TPSA) is 71.5 Å². The molecule has 0 amide bonds. The first-order chi connectivity index (χ1) is 14.7. The van der Waals surface area contributed by atoms with Crippen LogP contribution < -0.4 is 10.1 Å². The van der Waals surface area contributed by atoms with E-state index in [0.717, 1.165) is 53.4 Å². The number of thiophene rings is 1. The number of alkyl halides is 3. The van der Waals surface area contributed by atoms with E-state index in [1.165, 1.54) is 10.1 Å². The van der Waals surface area contributed by atoms with Gasteiger partial charge in [0, 0.05) is 33.9 Å². The summed E-state index contributed by atoms with van der Waals surface area (Å²) in [4.78, 5) is 13.3. The summed E-state index contributed by atoms with van der Waals surface area (Å²) >= 11 is 8.06. The summed E-state index contributed by atoms with van der Waals surface area (Å²) in [5.74, 6) is -1.82. The lowest BCUT2D eigenvalue weighted by Crippen LogP contribution is -2.34. The summed E-state index contributed by atoms with van der Waals surface area (Å²) in [5, 5.41) is 14.5. The average molecular weight is 473 g/mol. The van der Waals surface area contributed by atoms with E-state index in [-0.39, 0.29) is 6.10 Å². The monoisotopic (exact) mass is 472 g/mol. The summed E-state index contributed by atoms with van der Waals surface area (Å²) in [6.45, 7) is 4.08. The molecule has 31 heavy (non-hydrogen) atoms. The number of nitrogens with one attached hydrogen (secondary N) is 1. The summed E-state index contributed by atoms with van der Waals surface area (Å²) in [6, 6.07) is 6.11. The number of carboxylic acids is 1. The van der Waals surface area contributed by atoms with Crippen molar-refractivity contribution in [2.45, 2.75) is 32.0 Å². The fraction of sp³-hybridized carbons (Fsp3) is 0.333. The van der Waals surface area contributed by atoms with Crippen LogP contribution in [0, 0.1) is 6.92 Å². The number of hydrogen-bond donors (Lipinski definition) is 2. The molecular formula is C21H20ClF3N2O3S. The number of pyridine rings is 1. The molecule has 5 nitrogen and oxygen atoms in total. The number of rotatable bonds is 3. The Morgan fingerprint density at radius 2 is 1.94 bits per heavy atom. The summed E-state index contributed by atoms with van der Waals surface area (Å²) in [6.07, 6.45) is 1.05. The first-order valence-electron chi connectivity index (χ1n) is 9.46. The third kappa shape index (κ3) is 5.87. The number of ether oxygens (including phenoxy) is 1. The van der Waals surface area contributed by atoms with Crippen LogP contribution in [0.3, 0.4) is 0 Å². The largest absolute Gasteiger partial charge is 0.490 e. The molecule has 0 bridgehead atoms. The lowest BCUT2D eigenvalue weighted by Gasteiger charge is -2.26. The van der Waals surface area contributed by atoms with Gasteiger partial charge >= 0.3 is 12.1 Å². The molecule has 2 N–H and O–H groups in total. The summed E-state index contributed by atoms with van der Waals surface area (Å²) in [7, 11) is 0. The van der Waals surface area contributed by atoms with E-state index in [4.69, 9.17) is 26.2 Å². The van der Waals surface area contributed by atoms with Crippen molar-refractivity contribution in [3.05, 3.63) is 46.6 Å². The molecule has 4 rings (SSSR count). The quantitative estimate of drug-likeness (QED) is 0.512. The molecule has 1 aliphatic heterocycles. The minimum Gasteiger partial charge on any atom is -0.489 e. The second-order valence-corrected chi connectivity index (χ2v) is 8.37. The minimum atomic E-state index is -5.08. The van der Waals surface area contributed by atoms with Crippen molar-refractivity contribution in [2.75, 3.05) is 13.1 Å². The molecule has 0 radical (unpaired) electrons. The predicted octanol–water partition coefficient (Wildman–Crippen LogP) is 5.69. The number of carbonyl (C=O) groups is 1. The molecule has 0 spiro atoms. The van der Waals surface area contributed by atoms with E-state index in [9.17, 15) is 13.2 Å². The van der Waals surface area contributed by atoms with Crippen molar-refractivity contribution in [2.24, 2.45) is 0 Å². The second-order valence-electron chi connectivity index (χ2n) is 6.99. The van der Waals surface area contributed by atoms with Gasteiger partial charge in [-0.3, -0.25) is 4.98 Å². The van der Waals surface area contributed by atoms with Gasteiger partial charge in [0.05, 0.1) is 4.70 Å². The third-order valence-electron chi connectivity index (χ3n) is 4.72. The first kappa shape index (κ1) is 23.3. The molecule has 0 atom stereocenters. The smallest absolute Gasteiger partial charge is 0.489 e. The van der Waals surface area contributed by atoms with Gasteiger partial charge in [0.2, 0.25) is 0 Å². The Bertz CT molecular complexity index is 1070. The maximum absolute atomic E-state index is 10.6. The van der Waals surface area contributed by atoms with E-state index in [1.54, 1.807) is 11.3 Å². The molecular weight excluding hydrogens is 453 g/mol. The van der Waals surface area contributed by atoms with Crippen LogP contribution in [0.1, 0.15) is 18.4 Å². The van der Waals surface area contributed by atoms with Gasteiger partial charge in [-0.15, -0.1) is 11.3 Å². The highest BCUT2D eigenvalue weighted by molar-refractivity contribution is 7.17. The van der Waals surface area contributed by atoms with Crippen molar-refractivity contribution in [1.29, 1.82) is 0 Å². The lowest BCUT2D eigenvalue weighted by atomic mass is 10.00. The fourth-order valence-corrected chi connectivity index (χ4v) is 4.32. The zero-order valence-electron chi connectivity index (χ0n) is 16.5. The highest BCUT2D eigenvalue weighted by Crippen LogP contribution is 2.40. The molecule has 0 aliphatic carbocycles. The van der Waals surface area contributed by atoms with Crippen LogP contribution in [0.2, 0.25) is 5.02 Å². The van der Waals surface area contributed by atoms with E-state index in [1.807, 2.05) is 24.5 Å². The number of hydrogen-bond acceptors (Lipinski definition) is 5. The van der Waals surface area contributed by atoms with Crippen molar-refractivity contribution < 1.29 is 27.8 Å². The molecule has 166 valence electrons. The van der Waals surface area contributed by atoms with Crippen LogP contribution in [0.4, 0.5) is 13.2 Å². The normalized spacial score (nSPS) is 14.7. The predicted molar refractivity (Wildman–Crippen MR) is 115 cm³/mol. The zero-order chi connectivity index (χ0) is 22.6. The van der Waals surface area contributed by atoms with Crippen molar-refractivity contribution in [3.63, 3.8) is 0 Å². The molecule has 0 saturated carbocycles. The standard InChI is InChI=1S/C19H19ClN2OS.C2HF3O2/c1-12-8-13(20)9-16(19(12)23-14-2-5-21-6-3-14)17-10-22-11-18-15(17)4-7-24-18;3-2(4,5)1(6)7/h4,7-11,14,21H,2-3,5-6H2,1H3;(H,6,7). The number of piperidine rings is 1. The van der Waals surface area contributed by atoms with Crippen LogP contribution in [-0.4, -0.2) is 41.4 Å². The Hall–Kier alpha value is -2.36. The maximum atomic E-state index is 10.6. The van der Waals surface area contributed by atoms with Crippen molar-refractivity contribution in [3.8, 4) is 16.9 Å².